The van der Waals surface area contributed by atoms with Crippen molar-refractivity contribution < 1.29 is 4.79 Å². The molecule has 0 saturated heterocycles. The summed E-state index contributed by atoms with van der Waals surface area (Å²) in [6.45, 7) is 2.77. The highest BCUT2D eigenvalue weighted by molar-refractivity contribution is 7.99. The number of carbonyl (C=O) groups is 1. The molecule has 162 valence electrons. The molecule has 1 aliphatic rings. The Hall–Kier alpha value is -3.12. The van der Waals surface area contributed by atoms with E-state index >= 15 is 0 Å². The van der Waals surface area contributed by atoms with Gasteiger partial charge >= 0.3 is 0 Å². The van der Waals surface area contributed by atoms with Gasteiger partial charge in [-0.25, -0.2) is 0 Å². The van der Waals surface area contributed by atoms with Crippen LogP contribution >= 0.6 is 11.8 Å². The minimum Gasteiger partial charge on any atom is -0.349 e. The van der Waals surface area contributed by atoms with Gasteiger partial charge < -0.3 is 9.88 Å². The maximum Gasteiger partial charge on any atom is 0.230 e. The zero-order valence-corrected chi connectivity index (χ0v) is 18.9. The number of hydrogen-bond donors (Lipinski definition) is 1. The molecule has 3 aromatic carbocycles. The van der Waals surface area contributed by atoms with Crippen LogP contribution in [0.25, 0.3) is 10.8 Å². The maximum atomic E-state index is 12.8. The van der Waals surface area contributed by atoms with Crippen molar-refractivity contribution in [3.8, 4) is 0 Å². The van der Waals surface area contributed by atoms with Gasteiger partial charge in [-0.05, 0) is 41.7 Å². The van der Waals surface area contributed by atoms with Crippen LogP contribution in [0.2, 0.25) is 0 Å². The Labute approximate surface area is 192 Å². The van der Waals surface area contributed by atoms with Crippen LogP contribution in [0.15, 0.2) is 78.0 Å². The molecule has 6 heteroatoms. The standard InChI is InChI=1S/C26H26N4OS/c1-18(22-13-7-11-20-10-5-6-12-23(20)22)27-24(31)17-32-26-29-28-25(21-14-15-21)30(26)16-19-8-3-2-4-9-19/h2-13,18,21H,14-17H2,1H3,(H,27,31)/t18-/m1/s1. The van der Waals surface area contributed by atoms with Crippen LogP contribution in [0.3, 0.4) is 0 Å². The summed E-state index contributed by atoms with van der Waals surface area (Å²) >= 11 is 1.46. The number of thioether (sulfide) groups is 1. The Bertz CT molecular complexity index is 1230. The lowest BCUT2D eigenvalue weighted by Crippen LogP contribution is -2.28. The topological polar surface area (TPSA) is 59.8 Å². The summed E-state index contributed by atoms with van der Waals surface area (Å²) in [5.74, 6) is 1.85. The summed E-state index contributed by atoms with van der Waals surface area (Å²) in [5.41, 5.74) is 2.34. The molecule has 5 nitrogen and oxygen atoms in total. The first-order valence-electron chi connectivity index (χ1n) is 11.1. The van der Waals surface area contributed by atoms with Gasteiger partial charge in [-0.1, -0.05) is 84.6 Å². The van der Waals surface area contributed by atoms with Gasteiger partial charge in [-0.3, -0.25) is 4.79 Å². The monoisotopic (exact) mass is 442 g/mol. The lowest BCUT2D eigenvalue weighted by atomic mass is 10.00. The molecule has 1 N–H and O–H groups in total. The van der Waals surface area contributed by atoms with Crippen LogP contribution in [0.1, 0.15) is 48.7 Å². The molecular weight excluding hydrogens is 416 g/mol. The maximum absolute atomic E-state index is 12.8. The highest BCUT2D eigenvalue weighted by Gasteiger charge is 2.30. The largest absolute Gasteiger partial charge is 0.349 e. The number of fused-ring (bicyclic) bond motifs is 1. The SMILES string of the molecule is C[C@@H](NC(=O)CSc1nnc(C2CC2)n1Cc1ccccc1)c1cccc2ccccc12. The van der Waals surface area contributed by atoms with Crippen molar-refractivity contribution in [3.05, 3.63) is 89.7 Å². The van der Waals surface area contributed by atoms with Crippen molar-refractivity contribution >= 4 is 28.4 Å². The molecular formula is C26H26N4OS. The molecule has 0 radical (unpaired) electrons. The number of carbonyl (C=O) groups excluding carboxylic acids is 1. The number of nitrogens with zero attached hydrogens (tertiary/aromatic N) is 3. The quantitative estimate of drug-likeness (QED) is 0.375. The fourth-order valence-corrected chi connectivity index (χ4v) is 4.84. The van der Waals surface area contributed by atoms with Gasteiger partial charge in [0.1, 0.15) is 5.82 Å². The van der Waals surface area contributed by atoms with Crippen molar-refractivity contribution in [1.29, 1.82) is 0 Å². The summed E-state index contributed by atoms with van der Waals surface area (Å²) in [5, 5.41) is 15.2. The summed E-state index contributed by atoms with van der Waals surface area (Å²) in [6, 6.07) is 24.8. The zero-order chi connectivity index (χ0) is 21.9. The molecule has 32 heavy (non-hydrogen) atoms. The number of nitrogens with one attached hydrogen (secondary N) is 1. The van der Waals surface area contributed by atoms with Crippen molar-refractivity contribution in [2.45, 2.75) is 43.4 Å². The summed E-state index contributed by atoms with van der Waals surface area (Å²) in [7, 11) is 0. The van der Waals surface area contributed by atoms with Gasteiger partial charge in [0.05, 0.1) is 18.3 Å². The van der Waals surface area contributed by atoms with Gasteiger partial charge in [0, 0.05) is 5.92 Å². The van der Waals surface area contributed by atoms with E-state index in [1.807, 2.05) is 43.3 Å². The number of benzene rings is 3. The third-order valence-corrected chi connectivity index (χ3v) is 6.84. The second kappa shape index (κ2) is 9.17. The van der Waals surface area contributed by atoms with Crippen LogP contribution in [0.5, 0.6) is 0 Å². The molecule has 0 aliphatic heterocycles. The van der Waals surface area contributed by atoms with Crippen molar-refractivity contribution in [1.82, 2.24) is 20.1 Å². The Kier molecular flexibility index (Phi) is 5.95. The van der Waals surface area contributed by atoms with E-state index in [9.17, 15) is 4.79 Å². The van der Waals surface area contributed by atoms with E-state index in [1.54, 1.807) is 0 Å². The molecule has 0 unspecified atom stereocenters. The molecule has 0 spiro atoms. The number of aromatic nitrogens is 3. The average molecular weight is 443 g/mol. The zero-order valence-electron chi connectivity index (χ0n) is 18.1. The van der Waals surface area contributed by atoms with E-state index in [-0.39, 0.29) is 11.9 Å². The molecule has 4 aromatic rings. The fourth-order valence-electron chi connectivity index (χ4n) is 4.08. The van der Waals surface area contributed by atoms with Crippen LogP contribution in [-0.2, 0) is 11.3 Å². The van der Waals surface area contributed by atoms with E-state index in [4.69, 9.17) is 0 Å². The first-order valence-corrected chi connectivity index (χ1v) is 12.0. The first-order chi connectivity index (χ1) is 15.7. The van der Waals surface area contributed by atoms with Crippen LogP contribution in [0, 0.1) is 0 Å². The Balaban J connectivity index is 1.27. The molecule has 5 rings (SSSR count). The van der Waals surface area contributed by atoms with E-state index in [0.717, 1.165) is 23.1 Å². The molecule has 1 fully saturated rings. The Morgan fingerprint density at radius 1 is 1.03 bits per heavy atom. The summed E-state index contributed by atoms with van der Waals surface area (Å²) in [6.07, 6.45) is 2.33. The normalized spacial score (nSPS) is 14.4. The second-order valence-electron chi connectivity index (χ2n) is 8.33. The second-order valence-corrected chi connectivity index (χ2v) is 9.28. The Morgan fingerprint density at radius 3 is 2.59 bits per heavy atom. The van der Waals surface area contributed by atoms with Crippen molar-refractivity contribution in [2.24, 2.45) is 0 Å². The molecule has 1 saturated carbocycles. The molecule has 0 bridgehead atoms. The van der Waals surface area contributed by atoms with E-state index in [0.29, 0.717) is 11.7 Å². The minimum absolute atomic E-state index is 0.00216. The lowest BCUT2D eigenvalue weighted by molar-refractivity contribution is -0.119. The smallest absolute Gasteiger partial charge is 0.230 e. The number of hydrogen-bond acceptors (Lipinski definition) is 4. The van der Waals surface area contributed by atoms with E-state index < -0.39 is 0 Å². The Morgan fingerprint density at radius 2 is 1.78 bits per heavy atom. The molecule has 1 heterocycles. The number of rotatable bonds is 8. The highest BCUT2D eigenvalue weighted by atomic mass is 32.2. The first kappa shape index (κ1) is 20.8. The van der Waals surface area contributed by atoms with E-state index in [1.165, 1.54) is 40.9 Å². The number of amides is 1. The van der Waals surface area contributed by atoms with Crippen molar-refractivity contribution in [2.75, 3.05) is 5.75 Å². The predicted octanol–water partition coefficient (Wildman–Crippen LogP) is 5.33. The van der Waals surface area contributed by atoms with Crippen LogP contribution in [0.4, 0.5) is 0 Å². The molecule has 1 amide bonds. The van der Waals surface area contributed by atoms with Crippen LogP contribution < -0.4 is 5.32 Å². The predicted molar refractivity (Wildman–Crippen MR) is 129 cm³/mol. The fraction of sp³-hybridized carbons (Fsp3) is 0.269. The third kappa shape index (κ3) is 4.55. The molecule has 1 aliphatic carbocycles. The lowest BCUT2D eigenvalue weighted by Gasteiger charge is -2.16. The van der Waals surface area contributed by atoms with Gasteiger partial charge in [0.2, 0.25) is 5.91 Å². The molecule has 1 atom stereocenters. The van der Waals surface area contributed by atoms with Gasteiger partial charge in [0.25, 0.3) is 0 Å². The van der Waals surface area contributed by atoms with Crippen LogP contribution in [-0.4, -0.2) is 26.4 Å². The molecule has 1 aromatic heterocycles. The van der Waals surface area contributed by atoms with Gasteiger partial charge in [-0.2, -0.15) is 0 Å². The van der Waals surface area contributed by atoms with E-state index in [2.05, 4.69) is 56.5 Å². The summed E-state index contributed by atoms with van der Waals surface area (Å²) < 4.78 is 2.18. The van der Waals surface area contributed by atoms with Crippen molar-refractivity contribution in [3.63, 3.8) is 0 Å². The minimum atomic E-state index is -0.0709. The highest BCUT2D eigenvalue weighted by Crippen LogP contribution is 2.40. The van der Waals surface area contributed by atoms with Gasteiger partial charge in [0.15, 0.2) is 5.16 Å². The average Bonchev–Trinajstić information content (AvgIpc) is 3.59. The van der Waals surface area contributed by atoms with Gasteiger partial charge in [-0.15, -0.1) is 10.2 Å². The third-order valence-electron chi connectivity index (χ3n) is 5.87. The summed E-state index contributed by atoms with van der Waals surface area (Å²) in [4.78, 5) is 12.8.